The molecule has 0 aliphatic heterocycles. The van der Waals surface area contributed by atoms with Gasteiger partial charge in [-0.2, -0.15) is 0 Å². The normalized spacial score (nSPS) is 21.8. The molecule has 1 atom stereocenters. The molecule has 0 radical (unpaired) electrons. The van der Waals surface area contributed by atoms with Gasteiger partial charge >= 0.3 is 0 Å². The molecule has 0 aromatic heterocycles. The van der Waals surface area contributed by atoms with Gasteiger partial charge in [-0.05, 0) is 42.0 Å². The van der Waals surface area contributed by atoms with E-state index in [2.05, 4.69) is 19.1 Å². The first-order valence-corrected chi connectivity index (χ1v) is 4.43. The highest BCUT2D eigenvalue weighted by atomic mass is 35.5. The van der Waals surface area contributed by atoms with E-state index in [1.54, 1.807) is 0 Å². The van der Waals surface area contributed by atoms with Crippen LogP contribution in [-0.4, -0.2) is 0 Å². The van der Waals surface area contributed by atoms with Crippen LogP contribution in [0.15, 0.2) is 18.2 Å². The average Bonchev–Trinajstić information content (AvgIpc) is 2.33. The van der Waals surface area contributed by atoms with Crippen molar-refractivity contribution in [3.05, 3.63) is 34.3 Å². The fourth-order valence-corrected chi connectivity index (χ4v) is 1.96. The lowest BCUT2D eigenvalue weighted by atomic mass is 10.0. The van der Waals surface area contributed by atoms with Gasteiger partial charge in [-0.15, -0.1) is 0 Å². The van der Waals surface area contributed by atoms with Crippen LogP contribution in [0.4, 0.5) is 0 Å². The van der Waals surface area contributed by atoms with Crippen molar-refractivity contribution in [3.8, 4) is 0 Å². The van der Waals surface area contributed by atoms with Crippen molar-refractivity contribution in [2.45, 2.75) is 25.7 Å². The number of fused-ring (bicyclic) bond motifs is 1. The average molecular weight is 167 g/mol. The Kier molecular flexibility index (Phi) is 1.65. The Hall–Kier alpha value is -0.490. The maximum atomic E-state index is 5.89. The molecule has 1 aliphatic rings. The second-order valence-electron chi connectivity index (χ2n) is 3.28. The molecule has 1 heteroatoms. The predicted octanol–water partition coefficient (Wildman–Crippen LogP) is 3.39. The number of rotatable bonds is 0. The Bertz CT molecular complexity index is 278. The van der Waals surface area contributed by atoms with Gasteiger partial charge < -0.3 is 0 Å². The Morgan fingerprint density at radius 1 is 1.45 bits per heavy atom. The number of hydrogen-bond donors (Lipinski definition) is 0. The van der Waals surface area contributed by atoms with Crippen molar-refractivity contribution in [2.24, 2.45) is 0 Å². The van der Waals surface area contributed by atoms with Crippen LogP contribution >= 0.6 is 11.6 Å². The lowest BCUT2D eigenvalue weighted by Crippen LogP contribution is -1.84. The summed E-state index contributed by atoms with van der Waals surface area (Å²) in [5.41, 5.74) is 2.94. The summed E-state index contributed by atoms with van der Waals surface area (Å²) in [5.74, 6) is 0.712. The molecule has 0 fully saturated rings. The fraction of sp³-hybridized carbons (Fsp3) is 0.400. The third kappa shape index (κ3) is 1.16. The molecule has 0 spiro atoms. The zero-order valence-electron chi connectivity index (χ0n) is 6.60. The second-order valence-corrected chi connectivity index (χ2v) is 3.72. The molecule has 58 valence electrons. The van der Waals surface area contributed by atoms with Crippen LogP contribution in [0.3, 0.4) is 0 Å². The van der Waals surface area contributed by atoms with Crippen LogP contribution in [0.5, 0.6) is 0 Å². The molecule has 0 N–H and O–H groups in total. The Morgan fingerprint density at radius 3 is 3.09 bits per heavy atom. The quantitative estimate of drug-likeness (QED) is 0.554. The van der Waals surface area contributed by atoms with Gasteiger partial charge in [-0.1, -0.05) is 24.6 Å². The maximum Gasteiger partial charge on any atom is 0.0409 e. The minimum atomic E-state index is 0.712. The molecule has 1 aliphatic carbocycles. The molecule has 2 rings (SSSR count). The van der Waals surface area contributed by atoms with Gasteiger partial charge in [0.1, 0.15) is 0 Å². The van der Waals surface area contributed by atoms with Crippen LogP contribution in [0.25, 0.3) is 0 Å². The molecule has 0 amide bonds. The molecule has 0 saturated heterocycles. The van der Waals surface area contributed by atoms with Crippen LogP contribution in [0.1, 0.15) is 30.4 Å². The van der Waals surface area contributed by atoms with Crippen LogP contribution in [0.2, 0.25) is 5.02 Å². The summed E-state index contributed by atoms with van der Waals surface area (Å²) in [7, 11) is 0. The lowest BCUT2D eigenvalue weighted by molar-refractivity contribution is 0.747. The van der Waals surface area contributed by atoms with E-state index < -0.39 is 0 Å². The number of benzene rings is 1. The molecule has 0 unspecified atom stereocenters. The molecule has 1 aromatic rings. The maximum absolute atomic E-state index is 5.89. The first-order valence-electron chi connectivity index (χ1n) is 4.05. The van der Waals surface area contributed by atoms with Crippen molar-refractivity contribution in [2.75, 3.05) is 0 Å². The zero-order valence-corrected chi connectivity index (χ0v) is 7.36. The SMILES string of the molecule is C[C@H]1CCc2ccc(Cl)cc21. The molecule has 11 heavy (non-hydrogen) atoms. The largest absolute Gasteiger partial charge is 0.0843 e. The molecular weight excluding hydrogens is 156 g/mol. The fourth-order valence-electron chi connectivity index (χ4n) is 1.78. The summed E-state index contributed by atoms with van der Waals surface area (Å²) in [5, 5.41) is 0.873. The molecule has 0 saturated carbocycles. The van der Waals surface area contributed by atoms with Crippen molar-refractivity contribution in [1.82, 2.24) is 0 Å². The van der Waals surface area contributed by atoms with E-state index in [0.29, 0.717) is 5.92 Å². The summed E-state index contributed by atoms with van der Waals surface area (Å²) in [6.45, 7) is 2.27. The van der Waals surface area contributed by atoms with Crippen LogP contribution < -0.4 is 0 Å². The minimum Gasteiger partial charge on any atom is -0.0843 e. The Morgan fingerprint density at radius 2 is 2.27 bits per heavy atom. The van der Waals surface area contributed by atoms with Gasteiger partial charge in [0.25, 0.3) is 0 Å². The van der Waals surface area contributed by atoms with E-state index in [4.69, 9.17) is 11.6 Å². The molecule has 0 nitrogen and oxygen atoms in total. The number of hydrogen-bond acceptors (Lipinski definition) is 0. The van der Waals surface area contributed by atoms with Gasteiger partial charge in [-0.25, -0.2) is 0 Å². The molecule has 0 bridgehead atoms. The van der Waals surface area contributed by atoms with Crippen molar-refractivity contribution in [1.29, 1.82) is 0 Å². The monoisotopic (exact) mass is 166 g/mol. The lowest BCUT2D eigenvalue weighted by Gasteiger charge is -2.03. The van der Waals surface area contributed by atoms with Crippen LogP contribution in [-0.2, 0) is 6.42 Å². The molecular formula is C10H11Cl. The highest BCUT2D eigenvalue weighted by Crippen LogP contribution is 2.33. The van der Waals surface area contributed by atoms with E-state index in [1.807, 2.05) is 6.07 Å². The highest BCUT2D eigenvalue weighted by molar-refractivity contribution is 6.30. The molecule has 0 heterocycles. The smallest absolute Gasteiger partial charge is 0.0409 e. The van der Waals surface area contributed by atoms with Gasteiger partial charge in [0.05, 0.1) is 0 Å². The van der Waals surface area contributed by atoms with E-state index in [9.17, 15) is 0 Å². The summed E-state index contributed by atoms with van der Waals surface area (Å²) in [6.07, 6.45) is 2.52. The van der Waals surface area contributed by atoms with Gasteiger partial charge in [0, 0.05) is 5.02 Å². The van der Waals surface area contributed by atoms with E-state index in [0.717, 1.165) is 5.02 Å². The second kappa shape index (κ2) is 2.53. The molecule has 1 aromatic carbocycles. The summed E-state index contributed by atoms with van der Waals surface area (Å²) < 4.78 is 0. The van der Waals surface area contributed by atoms with Gasteiger partial charge in [-0.3, -0.25) is 0 Å². The first kappa shape index (κ1) is 7.17. The Labute approximate surface area is 72.2 Å². The van der Waals surface area contributed by atoms with Crippen molar-refractivity contribution >= 4 is 11.6 Å². The number of halogens is 1. The number of aryl methyl sites for hydroxylation is 1. The van der Waals surface area contributed by atoms with Gasteiger partial charge in [0.2, 0.25) is 0 Å². The van der Waals surface area contributed by atoms with Crippen molar-refractivity contribution < 1.29 is 0 Å². The van der Waals surface area contributed by atoms with E-state index in [-0.39, 0.29) is 0 Å². The Balaban J connectivity index is 2.52. The standard InChI is InChI=1S/C10H11Cl/c1-7-2-3-8-4-5-9(11)6-10(7)8/h4-7H,2-3H2,1H3/t7-/m0/s1. The summed E-state index contributed by atoms with van der Waals surface area (Å²) in [6, 6.07) is 6.24. The first-order chi connectivity index (χ1) is 5.27. The predicted molar refractivity (Wildman–Crippen MR) is 48.2 cm³/mol. The third-order valence-electron chi connectivity index (χ3n) is 2.49. The minimum absolute atomic E-state index is 0.712. The van der Waals surface area contributed by atoms with Crippen molar-refractivity contribution in [3.63, 3.8) is 0 Å². The van der Waals surface area contributed by atoms with E-state index >= 15 is 0 Å². The van der Waals surface area contributed by atoms with Gasteiger partial charge in [0.15, 0.2) is 0 Å². The van der Waals surface area contributed by atoms with Crippen LogP contribution in [0, 0.1) is 0 Å². The topological polar surface area (TPSA) is 0 Å². The highest BCUT2D eigenvalue weighted by Gasteiger charge is 2.17. The summed E-state index contributed by atoms with van der Waals surface area (Å²) in [4.78, 5) is 0. The van der Waals surface area contributed by atoms with E-state index in [1.165, 1.54) is 24.0 Å². The summed E-state index contributed by atoms with van der Waals surface area (Å²) >= 11 is 5.89. The third-order valence-corrected chi connectivity index (χ3v) is 2.72. The zero-order chi connectivity index (χ0) is 7.84.